The van der Waals surface area contributed by atoms with Crippen LogP contribution >= 0.6 is 0 Å². The van der Waals surface area contributed by atoms with E-state index in [4.69, 9.17) is 5.73 Å². The van der Waals surface area contributed by atoms with Crippen molar-refractivity contribution in [3.8, 4) is 0 Å². The zero-order chi connectivity index (χ0) is 12.1. The minimum absolute atomic E-state index is 0.250. The van der Waals surface area contributed by atoms with Crippen LogP contribution in [-0.2, 0) is 14.4 Å². The predicted molar refractivity (Wildman–Crippen MR) is 57.2 cm³/mol. The minimum atomic E-state index is -0.631. The highest BCUT2D eigenvalue weighted by atomic mass is 16.2. The van der Waals surface area contributed by atoms with E-state index in [1.807, 2.05) is 6.92 Å². The molecule has 1 aliphatic heterocycles. The van der Waals surface area contributed by atoms with E-state index in [1.165, 1.54) is 0 Å². The molecule has 0 aromatic carbocycles. The van der Waals surface area contributed by atoms with Crippen molar-refractivity contribution in [1.82, 2.24) is 10.6 Å². The van der Waals surface area contributed by atoms with Gasteiger partial charge in [0.05, 0.1) is 6.04 Å². The van der Waals surface area contributed by atoms with Crippen LogP contribution in [0.3, 0.4) is 0 Å². The number of amides is 3. The molecule has 0 saturated carbocycles. The van der Waals surface area contributed by atoms with Gasteiger partial charge in [-0.15, -0.1) is 0 Å². The maximum absolute atomic E-state index is 11.5. The van der Waals surface area contributed by atoms with Gasteiger partial charge in [-0.3, -0.25) is 19.7 Å². The number of carbonyl (C=O) groups is 3. The van der Waals surface area contributed by atoms with E-state index in [-0.39, 0.29) is 18.2 Å². The Balaban J connectivity index is 2.45. The highest BCUT2D eigenvalue weighted by Gasteiger charge is 2.28. The first-order valence-corrected chi connectivity index (χ1v) is 5.44. The lowest BCUT2D eigenvalue weighted by atomic mass is 10.1. The molecular formula is C10H17N3O3. The number of nitrogens with one attached hydrogen (secondary N) is 2. The number of nitrogens with two attached hydrogens (primary N) is 1. The van der Waals surface area contributed by atoms with Crippen molar-refractivity contribution in [3.63, 3.8) is 0 Å². The molecule has 0 bridgehead atoms. The summed E-state index contributed by atoms with van der Waals surface area (Å²) in [6.07, 6.45) is 1.98. The van der Waals surface area contributed by atoms with Crippen LogP contribution in [0.15, 0.2) is 0 Å². The van der Waals surface area contributed by atoms with Crippen LogP contribution in [0.5, 0.6) is 0 Å². The Morgan fingerprint density at radius 1 is 1.62 bits per heavy atom. The number of rotatable bonds is 4. The summed E-state index contributed by atoms with van der Waals surface area (Å²) in [7, 11) is 0. The van der Waals surface area contributed by atoms with Gasteiger partial charge in [-0.25, -0.2) is 0 Å². The summed E-state index contributed by atoms with van der Waals surface area (Å²) in [5, 5.41) is 4.72. The minimum Gasteiger partial charge on any atom is -0.343 e. The normalized spacial score (nSPS) is 22.5. The maximum atomic E-state index is 11.5. The number of hydrogen-bond donors (Lipinski definition) is 3. The summed E-state index contributed by atoms with van der Waals surface area (Å²) >= 11 is 0. The molecule has 90 valence electrons. The highest BCUT2D eigenvalue weighted by molar-refractivity contribution is 6.01. The lowest BCUT2D eigenvalue weighted by molar-refractivity contribution is -0.137. The Kier molecular flexibility index (Phi) is 4.42. The smallest absolute Gasteiger partial charge is 0.249 e. The molecule has 2 unspecified atom stereocenters. The SMILES string of the molecule is CCCC(N)C(=O)NC1CCC(=O)NC1=O. The molecule has 0 aliphatic carbocycles. The van der Waals surface area contributed by atoms with Crippen LogP contribution < -0.4 is 16.4 Å². The second-order valence-electron chi connectivity index (χ2n) is 3.91. The van der Waals surface area contributed by atoms with Gasteiger partial charge in [0, 0.05) is 6.42 Å². The Hall–Kier alpha value is -1.43. The fraction of sp³-hybridized carbons (Fsp3) is 0.700. The third kappa shape index (κ3) is 3.30. The van der Waals surface area contributed by atoms with Crippen LogP contribution in [0.25, 0.3) is 0 Å². The first-order valence-electron chi connectivity index (χ1n) is 5.44. The van der Waals surface area contributed by atoms with Gasteiger partial charge in [0.2, 0.25) is 17.7 Å². The first-order chi connectivity index (χ1) is 7.54. The lowest BCUT2D eigenvalue weighted by Crippen LogP contribution is -2.55. The fourth-order valence-electron chi connectivity index (χ4n) is 1.55. The van der Waals surface area contributed by atoms with Gasteiger partial charge in [0.1, 0.15) is 6.04 Å². The average Bonchev–Trinajstić information content (AvgIpc) is 2.22. The quantitative estimate of drug-likeness (QED) is 0.538. The molecule has 3 amide bonds. The van der Waals surface area contributed by atoms with Crippen molar-refractivity contribution in [3.05, 3.63) is 0 Å². The number of imide groups is 1. The van der Waals surface area contributed by atoms with Gasteiger partial charge in [0.15, 0.2) is 0 Å². The Labute approximate surface area is 93.9 Å². The Morgan fingerprint density at radius 2 is 2.31 bits per heavy atom. The van der Waals surface area contributed by atoms with Gasteiger partial charge < -0.3 is 11.1 Å². The zero-order valence-corrected chi connectivity index (χ0v) is 9.29. The maximum Gasteiger partial charge on any atom is 0.249 e. The highest BCUT2D eigenvalue weighted by Crippen LogP contribution is 2.05. The van der Waals surface area contributed by atoms with Crippen molar-refractivity contribution >= 4 is 17.7 Å². The molecule has 6 heteroatoms. The van der Waals surface area contributed by atoms with Crippen LogP contribution in [0.4, 0.5) is 0 Å². The van der Waals surface area contributed by atoms with E-state index in [2.05, 4.69) is 10.6 Å². The molecule has 0 aromatic rings. The van der Waals surface area contributed by atoms with Crippen molar-refractivity contribution < 1.29 is 14.4 Å². The van der Waals surface area contributed by atoms with Crippen LogP contribution in [0, 0.1) is 0 Å². The first kappa shape index (κ1) is 12.6. The molecule has 1 saturated heterocycles. The van der Waals surface area contributed by atoms with Crippen molar-refractivity contribution in [2.75, 3.05) is 0 Å². The van der Waals surface area contributed by atoms with Gasteiger partial charge >= 0.3 is 0 Å². The summed E-state index contributed by atoms with van der Waals surface area (Å²) in [5.41, 5.74) is 5.61. The number of hydrogen-bond acceptors (Lipinski definition) is 4. The van der Waals surface area contributed by atoms with E-state index < -0.39 is 18.0 Å². The van der Waals surface area contributed by atoms with E-state index in [1.54, 1.807) is 0 Å². The predicted octanol–water partition coefficient (Wildman–Crippen LogP) is -0.965. The topological polar surface area (TPSA) is 101 Å². The van der Waals surface area contributed by atoms with Crippen LogP contribution in [0.2, 0.25) is 0 Å². The van der Waals surface area contributed by atoms with Crippen molar-refractivity contribution in [2.24, 2.45) is 5.73 Å². The van der Waals surface area contributed by atoms with Crippen LogP contribution in [-0.4, -0.2) is 29.8 Å². The number of piperidine rings is 1. The molecule has 0 radical (unpaired) electrons. The molecule has 0 aromatic heterocycles. The van der Waals surface area contributed by atoms with E-state index in [0.717, 1.165) is 6.42 Å². The molecule has 1 rings (SSSR count). The van der Waals surface area contributed by atoms with Crippen molar-refractivity contribution in [1.29, 1.82) is 0 Å². The molecule has 0 spiro atoms. The molecule has 16 heavy (non-hydrogen) atoms. The Morgan fingerprint density at radius 3 is 2.88 bits per heavy atom. The fourth-order valence-corrected chi connectivity index (χ4v) is 1.55. The second kappa shape index (κ2) is 5.60. The molecular weight excluding hydrogens is 210 g/mol. The standard InChI is InChI=1S/C10H17N3O3/c1-2-3-6(11)9(15)12-7-4-5-8(14)13-10(7)16/h6-7H,2-5,11H2,1H3,(H,12,15)(H,13,14,16). The molecule has 1 aliphatic rings. The van der Waals surface area contributed by atoms with Gasteiger partial charge in [-0.2, -0.15) is 0 Å². The lowest BCUT2D eigenvalue weighted by Gasteiger charge is -2.23. The third-order valence-corrected chi connectivity index (χ3v) is 2.49. The molecule has 1 heterocycles. The zero-order valence-electron chi connectivity index (χ0n) is 9.29. The summed E-state index contributed by atoms with van der Waals surface area (Å²) < 4.78 is 0. The second-order valence-corrected chi connectivity index (χ2v) is 3.91. The molecule has 4 N–H and O–H groups in total. The summed E-state index contributed by atoms with van der Waals surface area (Å²) in [4.78, 5) is 33.7. The van der Waals surface area contributed by atoms with Gasteiger partial charge in [-0.1, -0.05) is 13.3 Å². The Bertz CT molecular complexity index is 304. The van der Waals surface area contributed by atoms with Gasteiger partial charge in [0.25, 0.3) is 0 Å². The van der Waals surface area contributed by atoms with Gasteiger partial charge in [-0.05, 0) is 12.8 Å². The molecule has 6 nitrogen and oxygen atoms in total. The summed E-state index contributed by atoms with van der Waals surface area (Å²) in [5.74, 6) is -1.09. The summed E-state index contributed by atoms with van der Waals surface area (Å²) in [6, 6.07) is -1.22. The van der Waals surface area contributed by atoms with E-state index in [9.17, 15) is 14.4 Å². The third-order valence-electron chi connectivity index (χ3n) is 2.49. The molecule has 2 atom stereocenters. The monoisotopic (exact) mass is 227 g/mol. The van der Waals surface area contributed by atoms with E-state index in [0.29, 0.717) is 12.8 Å². The number of carbonyl (C=O) groups excluding carboxylic acids is 3. The van der Waals surface area contributed by atoms with Crippen LogP contribution in [0.1, 0.15) is 32.6 Å². The summed E-state index contributed by atoms with van der Waals surface area (Å²) in [6.45, 7) is 1.93. The molecule has 1 fully saturated rings. The van der Waals surface area contributed by atoms with Crippen molar-refractivity contribution in [2.45, 2.75) is 44.7 Å². The van der Waals surface area contributed by atoms with E-state index >= 15 is 0 Å². The average molecular weight is 227 g/mol. The largest absolute Gasteiger partial charge is 0.343 e.